The molecule has 1 fully saturated rings. The number of ether oxygens (including phenoxy) is 1. The molecule has 7 heteroatoms. The minimum Gasteiger partial charge on any atom is -0.507 e. The summed E-state index contributed by atoms with van der Waals surface area (Å²) in [5.74, 6) is -1.64. The first-order valence-electron chi connectivity index (χ1n) is 5.61. The monoisotopic (exact) mass is 329 g/mol. The minimum atomic E-state index is -1.10. The number of phenolic OH excluding ortho intramolecular Hbond substituents is 1. The summed E-state index contributed by atoms with van der Waals surface area (Å²) in [5, 5.41) is 18.6. The first-order chi connectivity index (χ1) is 8.99. The Morgan fingerprint density at radius 3 is 2.84 bits per heavy atom. The predicted molar refractivity (Wildman–Crippen MR) is 69.1 cm³/mol. The van der Waals surface area contributed by atoms with Gasteiger partial charge in [0.2, 0.25) is 0 Å². The van der Waals surface area contributed by atoms with Crippen LogP contribution in [0.4, 0.5) is 0 Å². The highest BCUT2D eigenvalue weighted by Gasteiger charge is 2.30. The van der Waals surface area contributed by atoms with Gasteiger partial charge in [-0.1, -0.05) is 15.9 Å². The van der Waals surface area contributed by atoms with Crippen molar-refractivity contribution >= 4 is 27.8 Å². The molecule has 6 nitrogen and oxygen atoms in total. The smallest absolute Gasteiger partial charge is 0.334 e. The summed E-state index contributed by atoms with van der Waals surface area (Å²) < 4.78 is 5.71. The predicted octanol–water partition coefficient (Wildman–Crippen LogP) is 1.08. The maximum absolute atomic E-state index is 12.2. The normalized spacial score (nSPS) is 19.2. The van der Waals surface area contributed by atoms with Crippen LogP contribution in [-0.2, 0) is 9.53 Å². The van der Waals surface area contributed by atoms with E-state index in [1.165, 1.54) is 17.0 Å². The fourth-order valence-corrected chi connectivity index (χ4v) is 2.19. The molecule has 1 unspecified atom stereocenters. The Hall–Kier alpha value is -1.60. The zero-order chi connectivity index (χ0) is 14.0. The summed E-state index contributed by atoms with van der Waals surface area (Å²) in [6.45, 7) is 0.437. The average molecular weight is 330 g/mol. The van der Waals surface area contributed by atoms with Crippen molar-refractivity contribution in [1.29, 1.82) is 0 Å². The Bertz CT molecular complexity index is 519. The molecule has 1 heterocycles. The molecule has 1 aromatic carbocycles. The zero-order valence-corrected chi connectivity index (χ0v) is 11.5. The number of carboxylic acid groups (broad SMARTS) is 1. The van der Waals surface area contributed by atoms with Crippen LogP contribution in [-0.4, -0.2) is 52.8 Å². The second-order valence-corrected chi connectivity index (χ2v) is 5.03. The number of carbonyl (C=O) groups excluding carboxylic acids is 1. The summed E-state index contributed by atoms with van der Waals surface area (Å²) in [4.78, 5) is 24.5. The number of morpholine rings is 1. The molecule has 1 aromatic rings. The molecular weight excluding hydrogens is 318 g/mol. The highest BCUT2D eigenvalue weighted by molar-refractivity contribution is 9.10. The molecule has 0 aromatic heterocycles. The molecule has 2 rings (SSSR count). The molecule has 0 radical (unpaired) electrons. The number of halogens is 1. The number of rotatable bonds is 2. The summed E-state index contributed by atoms with van der Waals surface area (Å²) in [6, 6.07) is 4.53. The van der Waals surface area contributed by atoms with E-state index in [0.29, 0.717) is 11.0 Å². The van der Waals surface area contributed by atoms with E-state index in [9.17, 15) is 14.7 Å². The zero-order valence-electron chi connectivity index (χ0n) is 9.88. The van der Waals surface area contributed by atoms with Crippen LogP contribution in [0.15, 0.2) is 22.7 Å². The third-order valence-electron chi connectivity index (χ3n) is 2.82. The van der Waals surface area contributed by atoms with Gasteiger partial charge in [0.25, 0.3) is 5.91 Å². The van der Waals surface area contributed by atoms with Crippen LogP contribution in [0.25, 0.3) is 0 Å². The molecule has 19 heavy (non-hydrogen) atoms. The van der Waals surface area contributed by atoms with Gasteiger partial charge in [-0.25, -0.2) is 4.79 Å². The number of phenols is 1. The second-order valence-electron chi connectivity index (χ2n) is 4.11. The van der Waals surface area contributed by atoms with E-state index in [1.807, 2.05) is 0 Å². The number of benzene rings is 1. The number of amides is 1. The Kier molecular flexibility index (Phi) is 4.06. The minimum absolute atomic E-state index is 0.0277. The molecule has 1 saturated heterocycles. The van der Waals surface area contributed by atoms with Crippen LogP contribution in [0.3, 0.4) is 0 Å². The fraction of sp³-hybridized carbons (Fsp3) is 0.333. The van der Waals surface area contributed by atoms with Crippen molar-refractivity contribution in [1.82, 2.24) is 4.90 Å². The van der Waals surface area contributed by atoms with E-state index in [1.54, 1.807) is 6.07 Å². The average Bonchev–Trinajstić information content (AvgIpc) is 2.41. The largest absolute Gasteiger partial charge is 0.507 e. The van der Waals surface area contributed by atoms with Crippen LogP contribution < -0.4 is 0 Å². The van der Waals surface area contributed by atoms with Gasteiger partial charge in [0.05, 0.1) is 18.7 Å². The molecule has 0 bridgehead atoms. The van der Waals surface area contributed by atoms with E-state index in [4.69, 9.17) is 9.84 Å². The molecular formula is C12H12BrNO5. The van der Waals surface area contributed by atoms with Crippen molar-refractivity contribution in [2.45, 2.75) is 6.10 Å². The molecule has 2 N–H and O–H groups in total. The van der Waals surface area contributed by atoms with Crippen molar-refractivity contribution in [2.75, 3.05) is 19.7 Å². The lowest BCUT2D eigenvalue weighted by atomic mass is 10.1. The molecule has 102 valence electrons. The number of nitrogens with zero attached hydrogens (tertiary/aromatic N) is 1. The van der Waals surface area contributed by atoms with E-state index in [0.717, 1.165) is 0 Å². The lowest BCUT2D eigenvalue weighted by molar-refractivity contribution is -0.154. The topological polar surface area (TPSA) is 87.1 Å². The molecule has 1 aliphatic rings. The quantitative estimate of drug-likeness (QED) is 0.847. The maximum Gasteiger partial charge on any atom is 0.334 e. The van der Waals surface area contributed by atoms with Crippen LogP contribution >= 0.6 is 15.9 Å². The van der Waals surface area contributed by atoms with Gasteiger partial charge in [0, 0.05) is 11.0 Å². The van der Waals surface area contributed by atoms with E-state index in [-0.39, 0.29) is 24.5 Å². The van der Waals surface area contributed by atoms with Gasteiger partial charge < -0.3 is 19.8 Å². The second kappa shape index (κ2) is 5.58. The summed E-state index contributed by atoms with van der Waals surface area (Å²) in [5.41, 5.74) is 0.139. The number of carboxylic acids is 1. The van der Waals surface area contributed by atoms with Crippen molar-refractivity contribution in [3.8, 4) is 5.75 Å². The number of hydrogen-bond acceptors (Lipinski definition) is 4. The third kappa shape index (κ3) is 3.05. The van der Waals surface area contributed by atoms with Crippen LogP contribution in [0.1, 0.15) is 10.4 Å². The van der Waals surface area contributed by atoms with Crippen LogP contribution in [0.5, 0.6) is 5.75 Å². The standard InChI is InChI=1S/C12H12BrNO5/c13-7-1-2-9(15)8(5-7)11(16)14-3-4-19-10(6-14)12(17)18/h1-2,5,10,15H,3-4,6H2,(H,17,18). The molecule has 0 saturated carbocycles. The first-order valence-corrected chi connectivity index (χ1v) is 6.40. The van der Waals surface area contributed by atoms with E-state index >= 15 is 0 Å². The Morgan fingerprint density at radius 1 is 1.42 bits per heavy atom. The van der Waals surface area contributed by atoms with Gasteiger partial charge in [0.1, 0.15) is 5.75 Å². The van der Waals surface area contributed by atoms with Crippen molar-refractivity contribution in [3.05, 3.63) is 28.2 Å². The SMILES string of the molecule is O=C(O)C1CN(C(=O)c2cc(Br)ccc2O)CCO1. The van der Waals surface area contributed by atoms with Gasteiger partial charge in [-0.05, 0) is 18.2 Å². The summed E-state index contributed by atoms with van der Waals surface area (Å²) >= 11 is 3.22. The Labute approximate surface area is 117 Å². The van der Waals surface area contributed by atoms with Gasteiger partial charge in [-0.15, -0.1) is 0 Å². The van der Waals surface area contributed by atoms with Gasteiger partial charge >= 0.3 is 5.97 Å². The van der Waals surface area contributed by atoms with Crippen molar-refractivity contribution in [3.63, 3.8) is 0 Å². The lowest BCUT2D eigenvalue weighted by Crippen LogP contribution is -2.48. The van der Waals surface area contributed by atoms with Crippen molar-refractivity contribution in [2.24, 2.45) is 0 Å². The number of aliphatic carboxylic acids is 1. The molecule has 1 aliphatic heterocycles. The van der Waals surface area contributed by atoms with Gasteiger partial charge in [0.15, 0.2) is 6.10 Å². The van der Waals surface area contributed by atoms with E-state index in [2.05, 4.69) is 15.9 Å². The van der Waals surface area contributed by atoms with Gasteiger partial charge in [-0.2, -0.15) is 0 Å². The highest BCUT2D eigenvalue weighted by Crippen LogP contribution is 2.24. The lowest BCUT2D eigenvalue weighted by Gasteiger charge is -2.31. The number of aromatic hydroxyl groups is 1. The Balaban J connectivity index is 2.19. The van der Waals surface area contributed by atoms with Crippen molar-refractivity contribution < 1.29 is 24.5 Å². The molecule has 0 aliphatic carbocycles. The fourth-order valence-electron chi connectivity index (χ4n) is 1.83. The van der Waals surface area contributed by atoms with Crippen LogP contribution in [0.2, 0.25) is 0 Å². The van der Waals surface area contributed by atoms with Gasteiger partial charge in [-0.3, -0.25) is 4.79 Å². The third-order valence-corrected chi connectivity index (χ3v) is 3.31. The van der Waals surface area contributed by atoms with Crippen LogP contribution in [0, 0.1) is 0 Å². The number of hydrogen-bond donors (Lipinski definition) is 2. The maximum atomic E-state index is 12.2. The molecule has 1 amide bonds. The first kappa shape index (κ1) is 13.8. The molecule has 0 spiro atoms. The molecule has 1 atom stereocenters. The highest BCUT2D eigenvalue weighted by atomic mass is 79.9. The summed E-state index contributed by atoms with van der Waals surface area (Å²) in [7, 11) is 0. The Morgan fingerprint density at radius 2 is 2.16 bits per heavy atom. The number of carbonyl (C=O) groups is 2. The summed E-state index contributed by atoms with van der Waals surface area (Å²) in [6.07, 6.45) is -1.02. The van der Waals surface area contributed by atoms with E-state index < -0.39 is 18.0 Å².